The molecule has 0 aromatic carbocycles. The van der Waals surface area contributed by atoms with Gasteiger partial charge in [0.05, 0.1) is 36.6 Å². The average molecular weight is 403 g/mol. The highest BCUT2D eigenvalue weighted by molar-refractivity contribution is 7.14. The van der Waals surface area contributed by atoms with E-state index in [2.05, 4.69) is 33.2 Å². The average Bonchev–Trinajstić information content (AvgIpc) is 3.19. The number of carbonyl (C=O) groups excluding carboxylic acids is 1. The molecule has 2 aromatic heterocycles. The standard InChI is InChI=1S/C20H26N4O3S/c1-3-7-21-18(25)17-11-15-16(28-17)4-10-27-20(15)5-8-24(9-6-20)19-22-12-14(26-2)13-23-19/h11-13H,3-10H2,1-2H3,(H,21,25). The minimum Gasteiger partial charge on any atom is -0.494 e. The van der Waals surface area contributed by atoms with E-state index in [0.717, 1.165) is 49.6 Å². The Hall–Kier alpha value is -2.19. The predicted molar refractivity (Wildman–Crippen MR) is 108 cm³/mol. The second kappa shape index (κ2) is 8.05. The zero-order valence-electron chi connectivity index (χ0n) is 16.4. The molecule has 4 rings (SSSR count). The normalized spacial score (nSPS) is 18.0. The number of piperidine rings is 1. The van der Waals surface area contributed by atoms with Crippen LogP contribution in [0.4, 0.5) is 5.95 Å². The maximum atomic E-state index is 12.4. The molecule has 2 aromatic rings. The number of nitrogens with zero attached hydrogens (tertiary/aromatic N) is 3. The number of methoxy groups -OCH3 is 1. The van der Waals surface area contributed by atoms with Gasteiger partial charge in [-0.2, -0.15) is 0 Å². The molecule has 4 heterocycles. The third-order valence-electron chi connectivity index (χ3n) is 5.47. The van der Waals surface area contributed by atoms with Crippen LogP contribution in [-0.2, 0) is 16.8 Å². The maximum absolute atomic E-state index is 12.4. The fraction of sp³-hybridized carbons (Fsp3) is 0.550. The molecule has 1 amide bonds. The van der Waals surface area contributed by atoms with Crippen LogP contribution >= 0.6 is 11.3 Å². The molecule has 2 aliphatic heterocycles. The molecule has 0 radical (unpaired) electrons. The molecule has 0 bridgehead atoms. The molecule has 1 N–H and O–H groups in total. The first-order valence-electron chi connectivity index (χ1n) is 9.81. The highest BCUT2D eigenvalue weighted by atomic mass is 32.1. The van der Waals surface area contributed by atoms with Gasteiger partial charge in [-0.25, -0.2) is 9.97 Å². The van der Waals surface area contributed by atoms with Gasteiger partial charge in [-0.15, -0.1) is 11.3 Å². The van der Waals surface area contributed by atoms with E-state index in [1.165, 1.54) is 10.4 Å². The fourth-order valence-corrected chi connectivity index (χ4v) is 5.06. The Balaban J connectivity index is 1.50. The van der Waals surface area contributed by atoms with Gasteiger partial charge in [-0.05, 0) is 30.9 Å². The summed E-state index contributed by atoms with van der Waals surface area (Å²) in [5, 5.41) is 2.98. The molecule has 7 nitrogen and oxygen atoms in total. The maximum Gasteiger partial charge on any atom is 0.261 e. The number of nitrogens with one attached hydrogen (secondary N) is 1. The molecule has 8 heteroatoms. The van der Waals surface area contributed by atoms with E-state index in [-0.39, 0.29) is 11.5 Å². The lowest BCUT2D eigenvalue weighted by molar-refractivity contribution is -0.0758. The number of anilines is 1. The number of aromatic nitrogens is 2. The van der Waals surface area contributed by atoms with Crippen molar-refractivity contribution in [1.29, 1.82) is 0 Å². The van der Waals surface area contributed by atoms with Gasteiger partial charge in [0.15, 0.2) is 5.75 Å². The molecule has 1 fully saturated rings. The van der Waals surface area contributed by atoms with Crippen LogP contribution < -0.4 is 15.0 Å². The SMILES string of the molecule is CCCNC(=O)c1cc2c(s1)CCOC21CCN(c2ncc(OC)cn2)CC1. The van der Waals surface area contributed by atoms with Gasteiger partial charge in [0.2, 0.25) is 5.95 Å². The van der Waals surface area contributed by atoms with Gasteiger partial charge >= 0.3 is 0 Å². The second-order valence-electron chi connectivity index (χ2n) is 7.21. The van der Waals surface area contributed by atoms with Crippen molar-refractivity contribution in [3.63, 3.8) is 0 Å². The Morgan fingerprint density at radius 1 is 1.36 bits per heavy atom. The van der Waals surface area contributed by atoms with Crippen molar-refractivity contribution < 1.29 is 14.3 Å². The summed E-state index contributed by atoms with van der Waals surface area (Å²) in [5.74, 6) is 1.40. The molecule has 0 aliphatic carbocycles. The fourth-order valence-electron chi connectivity index (χ4n) is 3.91. The van der Waals surface area contributed by atoms with Crippen LogP contribution in [0.25, 0.3) is 0 Å². The van der Waals surface area contributed by atoms with E-state index in [0.29, 0.717) is 18.9 Å². The van der Waals surface area contributed by atoms with Crippen LogP contribution in [0.1, 0.15) is 46.3 Å². The summed E-state index contributed by atoms with van der Waals surface area (Å²) in [6, 6.07) is 2.06. The Morgan fingerprint density at radius 3 is 2.79 bits per heavy atom. The molecule has 0 atom stereocenters. The molecule has 0 unspecified atom stereocenters. The van der Waals surface area contributed by atoms with Gasteiger partial charge in [-0.1, -0.05) is 6.92 Å². The molecule has 150 valence electrons. The molecule has 28 heavy (non-hydrogen) atoms. The van der Waals surface area contributed by atoms with Gasteiger partial charge in [0, 0.05) is 30.9 Å². The van der Waals surface area contributed by atoms with Gasteiger partial charge in [0.25, 0.3) is 5.91 Å². The van der Waals surface area contributed by atoms with E-state index in [1.54, 1.807) is 30.8 Å². The van der Waals surface area contributed by atoms with Crippen molar-refractivity contribution in [2.24, 2.45) is 0 Å². The second-order valence-corrected chi connectivity index (χ2v) is 8.34. The lowest BCUT2D eigenvalue weighted by Gasteiger charge is -2.44. The van der Waals surface area contributed by atoms with Crippen molar-refractivity contribution in [2.45, 2.75) is 38.2 Å². The topological polar surface area (TPSA) is 76.6 Å². The van der Waals surface area contributed by atoms with Crippen LogP contribution in [0.3, 0.4) is 0 Å². The summed E-state index contributed by atoms with van der Waals surface area (Å²) in [7, 11) is 1.61. The van der Waals surface area contributed by atoms with Crippen molar-refractivity contribution in [1.82, 2.24) is 15.3 Å². The lowest BCUT2D eigenvalue weighted by Crippen LogP contribution is -2.46. The number of fused-ring (bicyclic) bond motifs is 2. The predicted octanol–water partition coefficient (Wildman–Crippen LogP) is 2.75. The first-order chi connectivity index (χ1) is 13.6. The van der Waals surface area contributed by atoms with E-state index in [9.17, 15) is 4.79 Å². The van der Waals surface area contributed by atoms with Gasteiger partial charge < -0.3 is 19.7 Å². The molecule has 0 saturated carbocycles. The summed E-state index contributed by atoms with van der Waals surface area (Å²) >= 11 is 1.62. The molecule has 1 saturated heterocycles. The molecular formula is C20H26N4O3S. The summed E-state index contributed by atoms with van der Waals surface area (Å²) in [4.78, 5) is 25.5. The van der Waals surface area contributed by atoms with Crippen LogP contribution in [0.15, 0.2) is 18.5 Å². The first kappa shape index (κ1) is 19.1. The van der Waals surface area contributed by atoms with E-state index >= 15 is 0 Å². The smallest absolute Gasteiger partial charge is 0.261 e. The van der Waals surface area contributed by atoms with Crippen molar-refractivity contribution >= 4 is 23.2 Å². The monoisotopic (exact) mass is 402 g/mol. The minimum atomic E-state index is -0.295. The third kappa shape index (κ3) is 3.58. The number of thiophene rings is 1. The summed E-state index contributed by atoms with van der Waals surface area (Å²) < 4.78 is 11.5. The number of hydrogen-bond donors (Lipinski definition) is 1. The van der Waals surface area contributed by atoms with E-state index in [4.69, 9.17) is 9.47 Å². The zero-order valence-corrected chi connectivity index (χ0v) is 17.2. The Kier molecular flexibility index (Phi) is 5.50. The molecule has 2 aliphatic rings. The van der Waals surface area contributed by atoms with Crippen LogP contribution in [0, 0.1) is 0 Å². The Labute approximate surface area is 169 Å². The van der Waals surface area contributed by atoms with E-state index in [1.807, 2.05) is 0 Å². The van der Waals surface area contributed by atoms with Crippen molar-refractivity contribution in [3.05, 3.63) is 33.8 Å². The number of hydrogen-bond acceptors (Lipinski definition) is 7. The molecule has 1 spiro atoms. The quantitative estimate of drug-likeness (QED) is 0.829. The number of carbonyl (C=O) groups is 1. The van der Waals surface area contributed by atoms with Crippen molar-refractivity contribution in [2.75, 3.05) is 38.3 Å². The Morgan fingerprint density at radius 2 is 2.11 bits per heavy atom. The summed E-state index contributed by atoms with van der Waals surface area (Å²) in [5.41, 5.74) is 0.914. The van der Waals surface area contributed by atoms with Gasteiger partial charge in [-0.3, -0.25) is 4.79 Å². The minimum absolute atomic E-state index is 0.0282. The highest BCUT2D eigenvalue weighted by Gasteiger charge is 2.42. The summed E-state index contributed by atoms with van der Waals surface area (Å²) in [6.07, 6.45) is 6.94. The van der Waals surface area contributed by atoms with Crippen LogP contribution in [0.5, 0.6) is 5.75 Å². The van der Waals surface area contributed by atoms with Gasteiger partial charge in [0.1, 0.15) is 0 Å². The largest absolute Gasteiger partial charge is 0.494 e. The number of amides is 1. The third-order valence-corrected chi connectivity index (χ3v) is 6.66. The van der Waals surface area contributed by atoms with Crippen LogP contribution in [0.2, 0.25) is 0 Å². The summed E-state index contributed by atoms with van der Waals surface area (Å²) in [6.45, 7) is 5.11. The number of rotatable bonds is 5. The number of ether oxygens (including phenoxy) is 2. The molecular weight excluding hydrogens is 376 g/mol. The highest BCUT2D eigenvalue weighted by Crippen LogP contribution is 2.44. The zero-order chi connectivity index (χ0) is 19.6. The van der Waals surface area contributed by atoms with Crippen LogP contribution in [-0.4, -0.2) is 49.2 Å². The first-order valence-corrected chi connectivity index (χ1v) is 10.6. The Bertz CT molecular complexity index is 828. The van der Waals surface area contributed by atoms with Crippen molar-refractivity contribution in [3.8, 4) is 5.75 Å². The lowest BCUT2D eigenvalue weighted by atomic mass is 9.82. The van der Waals surface area contributed by atoms with E-state index < -0.39 is 0 Å².